The molecule has 1 amide bonds. The number of ether oxygens (including phenoxy) is 1. The van der Waals surface area contributed by atoms with Crippen LogP contribution in [0.5, 0.6) is 0 Å². The second-order valence-corrected chi connectivity index (χ2v) is 5.61. The Bertz CT molecular complexity index is 647. The number of nitrogens with zero attached hydrogens (tertiary/aromatic N) is 1. The van der Waals surface area contributed by atoms with Crippen molar-refractivity contribution in [1.29, 1.82) is 0 Å². The summed E-state index contributed by atoms with van der Waals surface area (Å²) < 4.78 is 18.5. The largest absolute Gasteiger partial charge is 0.381 e. The summed E-state index contributed by atoms with van der Waals surface area (Å²) in [6.45, 7) is 1.83. The highest BCUT2D eigenvalue weighted by Gasteiger charge is 2.24. The highest BCUT2D eigenvalue weighted by molar-refractivity contribution is 5.81. The van der Waals surface area contributed by atoms with Crippen LogP contribution in [0.15, 0.2) is 24.3 Å². The maximum Gasteiger partial charge on any atom is 0.225 e. The molecule has 1 aliphatic heterocycles. The Morgan fingerprint density at radius 1 is 1.38 bits per heavy atom. The molecular weight excluding hydrogens is 271 g/mol. The first-order chi connectivity index (χ1) is 10.1. The lowest BCUT2D eigenvalue weighted by Crippen LogP contribution is -2.35. The van der Waals surface area contributed by atoms with E-state index < -0.39 is 0 Å². The van der Waals surface area contributed by atoms with Gasteiger partial charge in [-0.1, -0.05) is 0 Å². The molecule has 0 spiro atoms. The summed E-state index contributed by atoms with van der Waals surface area (Å²) in [6, 6.07) is 6.54. The molecule has 1 N–H and O–H groups in total. The Labute approximate surface area is 122 Å². The van der Waals surface area contributed by atoms with Crippen LogP contribution in [0.2, 0.25) is 0 Å². The summed E-state index contributed by atoms with van der Waals surface area (Å²) in [5.41, 5.74) is 1.80. The fraction of sp³-hybridized carbons (Fsp3) is 0.438. The van der Waals surface area contributed by atoms with Crippen LogP contribution >= 0.6 is 0 Å². The minimum absolute atomic E-state index is 0.0607. The number of carbonyl (C=O) groups is 1. The van der Waals surface area contributed by atoms with E-state index in [9.17, 15) is 9.18 Å². The molecule has 1 aliphatic rings. The molecule has 112 valence electrons. The number of aromatic nitrogens is 1. The van der Waals surface area contributed by atoms with Crippen LogP contribution in [0.3, 0.4) is 0 Å². The molecule has 0 radical (unpaired) electrons. The Morgan fingerprint density at radius 2 is 2.14 bits per heavy atom. The van der Waals surface area contributed by atoms with Gasteiger partial charge >= 0.3 is 0 Å². The van der Waals surface area contributed by atoms with Crippen molar-refractivity contribution in [2.24, 2.45) is 5.92 Å². The molecule has 0 bridgehead atoms. The van der Waals surface area contributed by atoms with Gasteiger partial charge in [0.1, 0.15) is 5.82 Å². The second-order valence-electron chi connectivity index (χ2n) is 5.61. The molecule has 21 heavy (non-hydrogen) atoms. The van der Waals surface area contributed by atoms with Crippen molar-refractivity contribution in [2.75, 3.05) is 20.3 Å². The number of hydrogen-bond acceptors (Lipinski definition) is 2. The molecule has 2 heterocycles. The van der Waals surface area contributed by atoms with Gasteiger partial charge in [-0.05, 0) is 37.1 Å². The van der Waals surface area contributed by atoms with Gasteiger partial charge in [-0.15, -0.1) is 0 Å². The first-order valence-corrected chi connectivity index (χ1v) is 7.23. The number of benzene rings is 1. The molecule has 4 nitrogen and oxygen atoms in total. The number of nitrogens with one attached hydrogen (secondary N) is 1. The lowest BCUT2D eigenvalue weighted by Gasteiger charge is -2.26. The van der Waals surface area contributed by atoms with Gasteiger partial charge in [-0.3, -0.25) is 4.79 Å². The van der Waals surface area contributed by atoms with Gasteiger partial charge in [0.05, 0.1) is 6.54 Å². The Kier molecular flexibility index (Phi) is 3.92. The summed E-state index contributed by atoms with van der Waals surface area (Å²) in [6.07, 6.45) is 1.59. The molecular formula is C16H19FN2O2. The number of amides is 1. The van der Waals surface area contributed by atoms with Crippen LogP contribution in [-0.4, -0.2) is 36.1 Å². The van der Waals surface area contributed by atoms with Crippen LogP contribution in [0, 0.1) is 11.7 Å². The minimum atomic E-state index is -0.250. The SMILES string of the molecule is CN(Cc1cc2cc(F)ccc2[nH]1)C(=O)C1CCOCC1. The molecule has 0 unspecified atom stereocenters. The lowest BCUT2D eigenvalue weighted by molar-refractivity contribution is -0.137. The van der Waals surface area contributed by atoms with Crippen molar-refractivity contribution in [3.63, 3.8) is 0 Å². The van der Waals surface area contributed by atoms with Gasteiger partial charge in [0, 0.05) is 42.8 Å². The topological polar surface area (TPSA) is 45.3 Å². The summed E-state index contributed by atoms with van der Waals surface area (Å²) in [5.74, 6) is -0.0339. The van der Waals surface area contributed by atoms with Crippen LogP contribution < -0.4 is 0 Å². The van der Waals surface area contributed by atoms with Gasteiger partial charge in [0.25, 0.3) is 0 Å². The first kappa shape index (κ1) is 14.1. The van der Waals surface area contributed by atoms with Gasteiger partial charge < -0.3 is 14.6 Å². The number of carbonyl (C=O) groups excluding carboxylic acids is 1. The molecule has 3 rings (SSSR count). The van der Waals surface area contributed by atoms with E-state index >= 15 is 0 Å². The van der Waals surface area contributed by atoms with Crippen LogP contribution in [0.4, 0.5) is 4.39 Å². The van der Waals surface area contributed by atoms with Gasteiger partial charge in [0.2, 0.25) is 5.91 Å². The number of aromatic amines is 1. The number of H-pyrrole nitrogens is 1. The average Bonchev–Trinajstić information content (AvgIpc) is 2.88. The third kappa shape index (κ3) is 3.08. The van der Waals surface area contributed by atoms with Gasteiger partial charge in [-0.2, -0.15) is 0 Å². The maximum absolute atomic E-state index is 13.2. The smallest absolute Gasteiger partial charge is 0.225 e. The van der Waals surface area contributed by atoms with Crippen LogP contribution in [0.1, 0.15) is 18.5 Å². The normalized spacial score (nSPS) is 16.3. The fourth-order valence-electron chi connectivity index (χ4n) is 2.84. The molecule has 0 saturated carbocycles. The van der Waals surface area contributed by atoms with Crippen molar-refractivity contribution in [1.82, 2.24) is 9.88 Å². The van der Waals surface area contributed by atoms with Gasteiger partial charge in [0.15, 0.2) is 0 Å². The molecule has 1 fully saturated rings. The van der Waals surface area contributed by atoms with E-state index in [1.54, 1.807) is 11.0 Å². The number of rotatable bonds is 3. The third-order valence-corrected chi connectivity index (χ3v) is 3.99. The van der Waals surface area contributed by atoms with Crippen LogP contribution in [-0.2, 0) is 16.1 Å². The zero-order chi connectivity index (χ0) is 14.8. The molecule has 1 saturated heterocycles. The molecule has 5 heteroatoms. The Morgan fingerprint density at radius 3 is 2.90 bits per heavy atom. The predicted molar refractivity (Wildman–Crippen MR) is 78.3 cm³/mol. The highest BCUT2D eigenvalue weighted by Crippen LogP contribution is 2.20. The van der Waals surface area contributed by atoms with E-state index in [1.165, 1.54) is 12.1 Å². The quantitative estimate of drug-likeness (QED) is 0.944. The van der Waals surface area contributed by atoms with E-state index in [-0.39, 0.29) is 17.6 Å². The number of fused-ring (bicyclic) bond motifs is 1. The van der Waals surface area contributed by atoms with Crippen LogP contribution in [0.25, 0.3) is 10.9 Å². The van der Waals surface area contributed by atoms with Crippen molar-refractivity contribution in [3.8, 4) is 0 Å². The Balaban J connectivity index is 1.70. The molecule has 0 atom stereocenters. The molecule has 0 aliphatic carbocycles. The summed E-state index contributed by atoms with van der Waals surface area (Å²) in [4.78, 5) is 17.3. The monoisotopic (exact) mass is 290 g/mol. The zero-order valence-corrected chi connectivity index (χ0v) is 12.1. The van der Waals surface area contributed by atoms with E-state index in [1.807, 2.05) is 13.1 Å². The third-order valence-electron chi connectivity index (χ3n) is 3.99. The van der Waals surface area contributed by atoms with E-state index in [0.29, 0.717) is 19.8 Å². The summed E-state index contributed by atoms with van der Waals surface area (Å²) >= 11 is 0. The highest BCUT2D eigenvalue weighted by atomic mass is 19.1. The van der Waals surface area contributed by atoms with Crippen molar-refractivity contribution in [3.05, 3.63) is 35.8 Å². The average molecular weight is 290 g/mol. The minimum Gasteiger partial charge on any atom is -0.381 e. The maximum atomic E-state index is 13.2. The molecule has 2 aromatic rings. The standard InChI is InChI=1S/C16H19FN2O2/c1-19(16(20)11-4-6-21-7-5-11)10-14-9-12-8-13(17)2-3-15(12)18-14/h2-3,8-9,11,18H,4-7,10H2,1H3. The van der Waals surface area contributed by atoms with Crippen molar-refractivity contribution in [2.45, 2.75) is 19.4 Å². The molecule has 1 aromatic heterocycles. The summed E-state index contributed by atoms with van der Waals surface area (Å²) in [7, 11) is 1.81. The van der Waals surface area contributed by atoms with E-state index in [2.05, 4.69) is 4.98 Å². The second kappa shape index (κ2) is 5.85. The molecule has 1 aromatic carbocycles. The lowest BCUT2D eigenvalue weighted by atomic mass is 9.99. The summed E-state index contributed by atoms with van der Waals surface area (Å²) in [5, 5.41) is 0.830. The first-order valence-electron chi connectivity index (χ1n) is 7.23. The predicted octanol–water partition coefficient (Wildman–Crippen LogP) is 2.69. The van der Waals surface area contributed by atoms with Crippen molar-refractivity contribution < 1.29 is 13.9 Å². The fourth-order valence-corrected chi connectivity index (χ4v) is 2.84. The number of hydrogen-bond donors (Lipinski definition) is 1. The van der Waals surface area contributed by atoms with E-state index in [0.717, 1.165) is 29.4 Å². The van der Waals surface area contributed by atoms with E-state index in [4.69, 9.17) is 4.74 Å². The van der Waals surface area contributed by atoms with Crippen molar-refractivity contribution >= 4 is 16.8 Å². The van der Waals surface area contributed by atoms with Gasteiger partial charge in [-0.25, -0.2) is 4.39 Å². The number of halogens is 1. The Hall–Kier alpha value is -1.88. The zero-order valence-electron chi connectivity index (χ0n) is 12.1.